The summed E-state index contributed by atoms with van der Waals surface area (Å²) in [6.07, 6.45) is 0.106. The Labute approximate surface area is 139 Å². The molecule has 2 fully saturated rings. The third-order valence-electron chi connectivity index (χ3n) is 5.30. The number of carbonyl (C=O) groups excluding carboxylic acids is 2. The highest BCUT2D eigenvalue weighted by molar-refractivity contribution is 5.94. The van der Waals surface area contributed by atoms with Crippen LogP contribution in [0.15, 0.2) is 4.52 Å². The first-order valence-corrected chi connectivity index (χ1v) is 8.02. The van der Waals surface area contributed by atoms with Gasteiger partial charge in [0.25, 0.3) is 0 Å². The summed E-state index contributed by atoms with van der Waals surface area (Å²) in [5.74, 6) is -1.46. The van der Waals surface area contributed by atoms with Gasteiger partial charge in [-0.05, 0) is 20.8 Å². The third kappa shape index (κ3) is 2.28. The molecule has 8 nitrogen and oxygen atoms in total. The monoisotopic (exact) mass is 335 g/mol. The summed E-state index contributed by atoms with van der Waals surface area (Å²) in [5.41, 5.74) is 0.186. The van der Waals surface area contributed by atoms with Crippen LogP contribution in [0, 0.1) is 25.2 Å². The van der Waals surface area contributed by atoms with Gasteiger partial charge >= 0.3 is 5.97 Å². The van der Waals surface area contributed by atoms with Crippen molar-refractivity contribution in [1.29, 1.82) is 0 Å². The van der Waals surface area contributed by atoms with E-state index in [2.05, 4.69) is 5.16 Å². The molecule has 130 valence electrons. The summed E-state index contributed by atoms with van der Waals surface area (Å²) < 4.78 is 5.06. The minimum absolute atomic E-state index is 0.0669. The average Bonchev–Trinajstić information content (AvgIpc) is 3.15. The van der Waals surface area contributed by atoms with Crippen LogP contribution >= 0.6 is 0 Å². The minimum atomic E-state index is -1.19. The zero-order chi connectivity index (χ0) is 17.6. The fraction of sp³-hybridized carbons (Fsp3) is 0.625. The predicted octanol–water partition coefficient (Wildman–Crippen LogP) is 0.225. The van der Waals surface area contributed by atoms with Crippen molar-refractivity contribution in [3.05, 3.63) is 17.0 Å². The summed E-state index contributed by atoms with van der Waals surface area (Å²) in [5, 5.41) is 13.5. The van der Waals surface area contributed by atoms with Crippen molar-refractivity contribution in [2.24, 2.45) is 11.3 Å². The molecule has 0 radical (unpaired) electrons. The van der Waals surface area contributed by atoms with Gasteiger partial charge in [-0.25, -0.2) is 0 Å². The Kier molecular flexibility index (Phi) is 3.85. The summed E-state index contributed by atoms with van der Waals surface area (Å²) in [6, 6.07) is 0. The molecule has 2 aliphatic rings. The second-order valence-electron chi connectivity index (χ2n) is 6.62. The van der Waals surface area contributed by atoms with E-state index < -0.39 is 17.3 Å². The van der Waals surface area contributed by atoms with E-state index in [-0.39, 0.29) is 37.9 Å². The molecule has 2 saturated heterocycles. The Balaban J connectivity index is 1.80. The molecule has 1 aromatic heterocycles. The van der Waals surface area contributed by atoms with E-state index in [0.29, 0.717) is 18.0 Å². The topological polar surface area (TPSA) is 104 Å². The number of fused-ring (bicyclic) bond motifs is 1. The molecule has 0 unspecified atom stereocenters. The maximum atomic E-state index is 12.6. The Hall–Kier alpha value is -2.38. The Morgan fingerprint density at radius 3 is 2.58 bits per heavy atom. The first kappa shape index (κ1) is 16.5. The zero-order valence-corrected chi connectivity index (χ0v) is 14.0. The van der Waals surface area contributed by atoms with Gasteiger partial charge in [-0.1, -0.05) is 5.16 Å². The van der Waals surface area contributed by atoms with Crippen molar-refractivity contribution < 1.29 is 24.0 Å². The van der Waals surface area contributed by atoms with Crippen LogP contribution in [0.5, 0.6) is 0 Å². The van der Waals surface area contributed by atoms with Gasteiger partial charge < -0.3 is 19.4 Å². The number of carboxylic acids is 1. The van der Waals surface area contributed by atoms with Gasteiger partial charge in [0, 0.05) is 31.7 Å². The molecular formula is C16H21N3O5. The van der Waals surface area contributed by atoms with Crippen molar-refractivity contribution in [3.8, 4) is 0 Å². The number of aromatic nitrogens is 1. The number of aryl methyl sites for hydroxylation is 2. The number of hydrogen-bond donors (Lipinski definition) is 1. The number of nitrogens with zero attached hydrogens (tertiary/aromatic N) is 3. The molecule has 2 aliphatic heterocycles. The summed E-state index contributed by atoms with van der Waals surface area (Å²) in [4.78, 5) is 40.0. The first-order valence-electron chi connectivity index (χ1n) is 8.02. The SMILES string of the molecule is CCN1C[C@]2(C(=O)O)CN(C(=O)Cc3c(C)noc3C)C[C@@H]2C1=O. The Morgan fingerprint density at radius 1 is 1.38 bits per heavy atom. The molecule has 3 heterocycles. The molecule has 1 N–H and O–H groups in total. The van der Waals surface area contributed by atoms with Gasteiger partial charge in [0.05, 0.1) is 18.0 Å². The number of aliphatic carboxylic acids is 1. The second-order valence-corrected chi connectivity index (χ2v) is 6.62. The van der Waals surface area contributed by atoms with Crippen molar-refractivity contribution in [1.82, 2.24) is 15.0 Å². The van der Waals surface area contributed by atoms with Crippen LogP contribution in [0.1, 0.15) is 23.9 Å². The highest BCUT2D eigenvalue weighted by Crippen LogP contribution is 2.43. The van der Waals surface area contributed by atoms with E-state index >= 15 is 0 Å². The lowest BCUT2D eigenvalue weighted by Crippen LogP contribution is -2.42. The molecule has 24 heavy (non-hydrogen) atoms. The van der Waals surface area contributed by atoms with Gasteiger partial charge in [-0.15, -0.1) is 0 Å². The van der Waals surface area contributed by atoms with E-state index in [9.17, 15) is 19.5 Å². The molecule has 3 rings (SSSR count). The van der Waals surface area contributed by atoms with E-state index in [1.807, 2.05) is 6.92 Å². The smallest absolute Gasteiger partial charge is 0.314 e. The second kappa shape index (κ2) is 5.61. The molecule has 0 bridgehead atoms. The predicted molar refractivity (Wildman–Crippen MR) is 82.1 cm³/mol. The lowest BCUT2D eigenvalue weighted by atomic mass is 9.81. The molecule has 0 saturated carbocycles. The molecule has 2 amide bonds. The molecule has 0 aromatic carbocycles. The van der Waals surface area contributed by atoms with Crippen molar-refractivity contribution >= 4 is 17.8 Å². The number of likely N-dealkylation sites (tertiary alicyclic amines) is 2. The number of rotatable bonds is 4. The fourth-order valence-electron chi connectivity index (χ4n) is 3.78. The fourth-order valence-corrected chi connectivity index (χ4v) is 3.78. The van der Waals surface area contributed by atoms with Crippen LogP contribution in [0.2, 0.25) is 0 Å². The lowest BCUT2D eigenvalue weighted by Gasteiger charge is -2.24. The van der Waals surface area contributed by atoms with Crippen LogP contribution in [0.4, 0.5) is 0 Å². The van der Waals surface area contributed by atoms with E-state index in [4.69, 9.17) is 4.52 Å². The highest BCUT2D eigenvalue weighted by atomic mass is 16.5. The molecule has 2 atom stereocenters. The van der Waals surface area contributed by atoms with Gasteiger partial charge in [0.2, 0.25) is 11.8 Å². The average molecular weight is 335 g/mol. The number of carbonyl (C=O) groups is 3. The standard InChI is InChI=1S/C16H21N3O5/c1-4-18-7-16(15(22)23)8-19(6-12(16)14(18)21)13(20)5-11-9(2)17-24-10(11)3/h12H,4-8H2,1-3H3,(H,22,23)/t12-,16+/m1/s1. The van der Waals surface area contributed by atoms with E-state index in [1.165, 1.54) is 4.90 Å². The normalized spacial score (nSPS) is 26.1. The first-order chi connectivity index (χ1) is 11.3. The summed E-state index contributed by atoms with van der Waals surface area (Å²) in [6.45, 7) is 6.20. The number of carboxylic acid groups (broad SMARTS) is 1. The number of amides is 2. The molecule has 8 heteroatoms. The van der Waals surface area contributed by atoms with Gasteiger partial charge in [-0.3, -0.25) is 14.4 Å². The van der Waals surface area contributed by atoms with Gasteiger partial charge in [0.15, 0.2) is 0 Å². The lowest BCUT2D eigenvalue weighted by molar-refractivity contribution is -0.150. The zero-order valence-electron chi connectivity index (χ0n) is 14.0. The molecule has 1 aromatic rings. The largest absolute Gasteiger partial charge is 0.481 e. The van der Waals surface area contributed by atoms with Crippen LogP contribution in [0.3, 0.4) is 0 Å². The van der Waals surface area contributed by atoms with Crippen LogP contribution in [-0.2, 0) is 20.8 Å². The maximum absolute atomic E-state index is 12.6. The number of hydrogen-bond acceptors (Lipinski definition) is 5. The Morgan fingerprint density at radius 2 is 2.08 bits per heavy atom. The molecule has 0 aliphatic carbocycles. The van der Waals surface area contributed by atoms with Crippen molar-refractivity contribution in [2.45, 2.75) is 27.2 Å². The van der Waals surface area contributed by atoms with Gasteiger partial charge in [0.1, 0.15) is 11.2 Å². The quantitative estimate of drug-likeness (QED) is 0.844. The maximum Gasteiger partial charge on any atom is 0.314 e. The van der Waals surface area contributed by atoms with Crippen LogP contribution in [0.25, 0.3) is 0 Å². The van der Waals surface area contributed by atoms with E-state index in [0.717, 1.165) is 5.56 Å². The third-order valence-corrected chi connectivity index (χ3v) is 5.30. The Bertz CT molecular complexity index is 693. The van der Waals surface area contributed by atoms with Crippen LogP contribution < -0.4 is 0 Å². The van der Waals surface area contributed by atoms with Crippen LogP contribution in [-0.4, -0.2) is 64.0 Å². The minimum Gasteiger partial charge on any atom is -0.481 e. The highest BCUT2D eigenvalue weighted by Gasteiger charge is 2.62. The summed E-state index contributed by atoms with van der Waals surface area (Å²) >= 11 is 0. The molecule has 0 spiro atoms. The van der Waals surface area contributed by atoms with Crippen molar-refractivity contribution in [2.75, 3.05) is 26.2 Å². The molecular weight excluding hydrogens is 314 g/mol. The van der Waals surface area contributed by atoms with Gasteiger partial charge in [-0.2, -0.15) is 0 Å². The van der Waals surface area contributed by atoms with Crippen molar-refractivity contribution in [3.63, 3.8) is 0 Å². The summed E-state index contributed by atoms with van der Waals surface area (Å²) in [7, 11) is 0. The van der Waals surface area contributed by atoms with E-state index in [1.54, 1.807) is 18.7 Å².